The first kappa shape index (κ1) is 15.1. The van der Waals surface area contributed by atoms with Gasteiger partial charge < -0.3 is 19.7 Å². The van der Waals surface area contributed by atoms with Gasteiger partial charge in [0.05, 0.1) is 25.4 Å². The van der Waals surface area contributed by atoms with Gasteiger partial charge >= 0.3 is 6.03 Å². The summed E-state index contributed by atoms with van der Waals surface area (Å²) in [5.41, 5.74) is 0.362. The third-order valence-electron chi connectivity index (χ3n) is 5.60. The zero-order valence-electron chi connectivity index (χ0n) is 13.1. The highest BCUT2D eigenvalue weighted by atomic mass is 16.5. The fourth-order valence-corrected chi connectivity index (χ4v) is 3.79. The van der Waals surface area contributed by atoms with Crippen molar-refractivity contribution in [2.24, 2.45) is 5.41 Å². The lowest BCUT2D eigenvalue weighted by atomic mass is 9.67. The third-order valence-corrected chi connectivity index (χ3v) is 5.60. The molecular weight excluding hydrogens is 268 g/mol. The van der Waals surface area contributed by atoms with Crippen LogP contribution in [-0.2, 0) is 9.47 Å². The third kappa shape index (κ3) is 3.19. The quantitative estimate of drug-likeness (QED) is 0.865. The van der Waals surface area contributed by atoms with Gasteiger partial charge in [0.25, 0.3) is 0 Å². The number of nitrogens with one attached hydrogen (secondary N) is 1. The maximum Gasteiger partial charge on any atom is 0.317 e. The number of ether oxygens (including phenoxy) is 2. The molecule has 21 heavy (non-hydrogen) atoms. The van der Waals surface area contributed by atoms with E-state index in [4.69, 9.17) is 9.47 Å². The normalized spacial score (nSPS) is 31.8. The standard InChI is InChI=1S/C16H28N2O3/c1-2-16(6-4-7-16)12-17-15(19)18-8-10-20-11-13(18)14-5-3-9-21-14/h13-14H,2-12H2,1H3,(H,17,19). The van der Waals surface area contributed by atoms with Gasteiger partial charge in [-0.1, -0.05) is 13.3 Å². The number of nitrogens with zero attached hydrogens (tertiary/aromatic N) is 1. The Morgan fingerprint density at radius 2 is 2.19 bits per heavy atom. The van der Waals surface area contributed by atoms with Crippen LogP contribution in [0.5, 0.6) is 0 Å². The lowest BCUT2D eigenvalue weighted by Gasteiger charge is -2.43. The van der Waals surface area contributed by atoms with E-state index in [-0.39, 0.29) is 18.2 Å². The van der Waals surface area contributed by atoms with Crippen molar-refractivity contribution in [1.29, 1.82) is 0 Å². The van der Waals surface area contributed by atoms with Crippen molar-refractivity contribution in [3.63, 3.8) is 0 Å². The molecule has 2 aliphatic heterocycles. The fourth-order valence-electron chi connectivity index (χ4n) is 3.79. The van der Waals surface area contributed by atoms with E-state index in [1.165, 1.54) is 19.3 Å². The smallest absolute Gasteiger partial charge is 0.317 e. The lowest BCUT2D eigenvalue weighted by Crippen LogP contribution is -2.58. The van der Waals surface area contributed by atoms with Crippen LogP contribution in [0.15, 0.2) is 0 Å². The Morgan fingerprint density at radius 1 is 1.33 bits per heavy atom. The molecule has 0 aromatic carbocycles. The van der Waals surface area contributed by atoms with Crippen LogP contribution in [0.4, 0.5) is 4.79 Å². The molecule has 120 valence electrons. The van der Waals surface area contributed by atoms with Gasteiger partial charge in [-0.25, -0.2) is 4.79 Å². The van der Waals surface area contributed by atoms with E-state index in [2.05, 4.69) is 12.2 Å². The summed E-state index contributed by atoms with van der Waals surface area (Å²) in [5.74, 6) is 0. The number of carbonyl (C=O) groups is 1. The lowest BCUT2D eigenvalue weighted by molar-refractivity contribution is -0.0478. The fraction of sp³-hybridized carbons (Fsp3) is 0.938. The molecule has 0 bridgehead atoms. The van der Waals surface area contributed by atoms with Gasteiger partial charge in [-0.05, 0) is 37.5 Å². The summed E-state index contributed by atoms with van der Waals surface area (Å²) in [7, 11) is 0. The van der Waals surface area contributed by atoms with E-state index in [9.17, 15) is 4.79 Å². The van der Waals surface area contributed by atoms with Crippen molar-refractivity contribution in [2.75, 3.05) is 32.9 Å². The minimum atomic E-state index is 0.0681. The number of hydrogen-bond acceptors (Lipinski definition) is 3. The first-order chi connectivity index (χ1) is 10.2. The molecule has 5 heteroatoms. The SMILES string of the molecule is CCC1(CNC(=O)N2CCOCC2C2CCCO2)CCC1. The largest absolute Gasteiger partial charge is 0.377 e. The molecule has 3 aliphatic rings. The topological polar surface area (TPSA) is 50.8 Å². The van der Waals surface area contributed by atoms with E-state index < -0.39 is 0 Å². The van der Waals surface area contributed by atoms with Crippen LogP contribution in [0, 0.1) is 5.41 Å². The summed E-state index contributed by atoms with van der Waals surface area (Å²) in [4.78, 5) is 14.5. The van der Waals surface area contributed by atoms with Crippen molar-refractivity contribution in [3.8, 4) is 0 Å². The molecule has 0 aromatic heterocycles. The molecule has 1 saturated carbocycles. The van der Waals surface area contributed by atoms with Gasteiger partial charge in [0.15, 0.2) is 0 Å². The van der Waals surface area contributed by atoms with Crippen LogP contribution >= 0.6 is 0 Å². The zero-order chi connectivity index (χ0) is 14.7. The maximum atomic E-state index is 12.6. The Morgan fingerprint density at radius 3 is 2.81 bits per heavy atom. The summed E-state index contributed by atoms with van der Waals surface area (Å²) in [6.45, 7) is 5.78. The van der Waals surface area contributed by atoms with E-state index >= 15 is 0 Å². The molecule has 3 fully saturated rings. The molecule has 3 rings (SSSR count). The number of rotatable bonds is 4. The summed E-state index contributed by atoms with van der Waals surface area (Å²) in [5, 5.41) is 3.18. The van der Waals surface area contributed by atoms with Crippen LogP contribution in [-0.4, -0.2) is 56.0 Å². The molecule has 2 amide bonds. The summed E-state index contributed by atoms with van der Waals surface area (Å²) in [6, 6.07) is 0.152. The number of carbonyl (C=O) groups excluding carboxylic acids is 1. The second-order valence-corrected chi connectivity index (χ2v) is 6.75. The number of urea groups is 1. The van der Waals surface area contributed by atoms with Crippen molar-refractivity contribution in [2.45, 2.75) is 57.6 Å². The summed E-state index contributed by atoms with van der Waals surface area (Å²) in [6.07, 6.45) is 7.25. The van der Waals surface area contributed by atoms with Crippen LogP contribution in [0.25, 0.3) is 0 Å². The highest BCUT2D eigenvalue weighted by Crippen LogP contribution is 2.43. The summed E-state index contributed by atoms with van der Waals surface area (Å²) >= 11 is 0. The molecule has 1 N–H and O–H groups in total. The molecule has 2 atom stereocenters. The maximum absolute atomic E-state index is 12.6. The highest BCUT2D eigenvalue weighted by Gasteiger charge is 2.38. The monoisotopic (exact) mass is 296 g/mol. The van der Waals surface area contributed by atoms with E-state index in [1.807, 2.05) is 4.90 Å². The molecule has 5 nitrogen and oxygen atoms in total. The van der Waals surface area contributed by atoms with E-state index in [0.29, 0.717) is 25.2 Å². The van der Waals surface area contributed by atoms with Gasteiger partial charge in [-0.3, -0.25) is 0 Å². The number of hydrogen-bond donors (Lipinski definition) is 1. The predicted molar refractivity (Wildman–Crippen MR) is 80.3 cm³/mol. The zero-order valence-corrected chi connectivity index (χ0v) is 13.1. The van der Waals surface area contributed by atoms with Crippen LogP contribution in [0.3, 0.4) is 0 Å². The minimum Gasteiger partial charge on any atom is -0.377 e. The average molecular weight is 296 g/mol. The van der Waals surface area contributed by atoms with Crippen LogP contribution in [0.2, 0.25) is 0 Å². The predicted octanol–water partition coefficient (Wildman–Crippen LogP) is 2.16. The molecule has 2 saturated heterocycles. The van der Waals surface area contributed by atoms with Crippen LogP contribution in [0.1, 0.15) is 45.4 Å². The van der Waals surface area contributed by atoms with Gasteiger partial charge in [0, 0.05) is 19.7 Å². The molecule has 2 heterocycles. The summed E-state index contributed by atoms with van der Waals surface area (Å²) < 4.78 is 11.3. The highest BCUT2D eigenvalue weighted by molar-refractivity contribution is 5.74. The van der Waals surface area contributed by atoms with Gasteiger partial charge in [0.1, 0.15) is 0 Å². The Labute approximate surface area is 127 Å². The van der Waals surface area contributed by atoms with Crippen molar-refractivity contribution in [3.05, 3.63) is 0 Å². The Kier molecular flexibility index (Phi) is 4.69. The van der Waals surface area contributed by atoms with E-state index in [1.54, 1.807) is 0 Å². The van der Waals surface area contributed by atoms with Gasteiger partial charge in [0.2, 0.25) is 0 Å². The molecule has 1 aliphatic carbocycles. The Hall–Kier alpha value is -0.810. The van der Waals surface area contributed by atoms with Crippen molar-refractivity contribution < 1.29 is 14.3 Å². The Bertz CT molecular complexity index is 359. The molecular formula is C16H28N2O3. The first-order valence-corrected chi connectivity index (χ1v) is 8.48. The van der Waals surface area contributed by atoms with Crippen LogP contribution < -0.4 is 5.32 Å². The van der Waals surface area contributed by atoms with Crippen molar-refractivity contribution >= 4 is 6.03 Å². The van der Waals surface area contributed by atoms with Crippen molar-refractivity contribution in [1.82, 2.24) is 10.2 Å². The minimum absolute atomic E-state index is 0.0681. The molecule has 2 unspecified atom stereocenters. The molecule has 0 radical (unpaired) electrons. The number of amides is 2. The molecule has 0 spiro atoms. The number of morpholine rings is 1. The van der Waals surface area contributed by atoms with E-state index in [0.717, 1.165) is 32.4 Å². The van der Waals surface area contributed by atoms with Gasteiger partial charge in [-0.2, -0.15) is 0 Å². The van der Waals surface area contributed by atoms with Gasteiger partial charge in [-0.15, -0.1) is 0 Å². The average Bonchev–Trinajstić information content (AvgIpc) is 3.00. The first-order valence-electron chi connectivity index (χ1n) is 8.48. The molecule has 0 aromatic rings. The Balaban J connectivity index is 1.56. The second kappa shape index (κ2) is 6.53. The second-order valence-electron chi connectivity index (χ2n) is 6.75.